The van der Waals surface area contributed by atoms with Crippen LogP contribution < -0.4 is 5.32 Å². The van der Waals surface area contributed by atoms with Crippen LogP contribution in [0.5, 0.6) is 0 Å². The molecular weight excluding hydrogens is 302 g/mol. The molecular formula is C16H18ClN3O2. The molecule has 3 rings (SSSR count). The van der Waals surface area contributed by atoms with Crippen LogP contribution in [0, 0.1) is 0 Å². The predicted octanol–water partition coefficient (Wildman–Crippen LogP) is 2.82. The number of halogens is 1. The SMILES string of the molecule is CN(C(=O)c1cc(-c2ccc(Cl)cc2)on1)C1CCNCC1. The summed E-state index contributed by atoms with van der Waals surface area (Å²) in [5.74, 6) is 0.467. The number of nitrogens with one attached hydrogen (secondary N) is 1. The summed E-state index contributed by atoms with van der Waals surface area (Å²) in [6.07, 6.45) is 1.92. The summed E-state index contributed by atoms with van der Waals surface area (Å²) >= 11 is 5.87. The summed E-state index contributed by atoms with van der Waals surface area (Å²) in [6, 6.07) is 9.18. The highest BCUT2D eigenvalue weighted by Crippen LogP contribution is 2.23. The lowest BCUT2D eigenvalue weighted by molar-refractivity contribution is 0.0693. The Morgan fingerprint density at radius 3 is 2.68 bits per heavy atom. The molecule has 1 N–H and O–H groups in total. The molecule has 1 saturated heterocycles. The molecule has 0 radical (unpaired) electrons. The summed E-state index contributed by atoms with van der Waals surface area (Å²) in [7, 11) is 1.83. The Morgan fingerprint density at radius 1 is 1.32 bits per heavy atom. The van der Waals surface area contributed by atoms with E-state index in [9.17, 15) is 4.79 Å². The van der Waals surface area contributed by atoms with E-state index < -0.39 is 0 Å². The third-order valence-electron chi connectivity index (χ3n) is 4.03. The van der Waals surface area contributed by atoms with E-state index in [1.54, 1.807) is 23.1 Å². The Labute approximate surface area is 134 Å². The standard InChI is InChI=1S/C16H18ClN3O2/c1-20(13-6-8-18-9-7-13)16(21)14-10-15(22-19-14)11-2-4-12(17)5-3-11/h2-5,10,13,18H,6-9H2,1H3. The molecule has 22 heavy (non-hydrogen) atoms. The van der Waals surface area contributed by atoms with Crippen LogP contribution in [0.4, 0.5) is 0 Å². The molecule has 0 spiro atoms. The maximum Gasteiger partial charge on any atom is 0.276 e. The zero-order valence-electron chi connectivity index (χ0n) is 12.4. The van der Waals surface area contributed by atoms with Gasteiger partial charge in [-0.1, -0.05) is 16.8 Å². The number of aromatic nitrogens is 1. The topological polar surface area (TPSA) is 58.4 Å². The maximum absolute atomic E-state index is 12.5. The summed E-state index contributed by atoms with van der Waals surface area (Å²) < 4.78 is 5.30. The van der Waals surface area contributed by atoms with Crippen molar-refractivity contribution in [3.8, 4) is 11.3 Å². The van der Waals surface area contributed by atoms with Crippen molar-refractivity contribution in [3.63, 3.8) is 0 Å². The quantitative estimate of drug-likeness (QED) is 0.945. The molecule has 0 unspecified atom stereocenters. The largest absolute Gasteiger partial charge is 0.355 e. The van der Waals surface area contributed by atoms with Gasteiger partial charge >= 0.3 is 0 Å². The number of carbonyl (C=O) groups is 1. The number of hydrogen-bond acceptors (Lipinski definition) is 4. The minimum atomic E-state index is -0.101. The first kappa shape index (κ1) is 15.1. The second-order valence-electron chi connectivity index (χ2n) is 5.48. The van der Waals surface area contributed by atoms with Crippen LogP contribution in [-0.2, 0) is 0 Å². The van der Waals surface area contributed by atoms with Crippen LogP contribution in [-0.4, -0.2) is 42.1 Å². The first-order chi connectivity index (χ1) is 10.6. The van der Waals surface area contributed by atoms with Crippen molar-refractivity contribution in [2.45, 2.75) is 18.9 Å². The van der Waals surface area contributed by atoms with Gasteiger partial charge < -0.3 is 14.7 Å². The van der Waals surface area contributed by atoms with E-state index in [4.69, 9.17) is 16.1 Å². The molecule has 5 nitrogen and oxygen atoms in total. The van der Waals surface area contributed by atoms with Crippen LogP contribution >= 0.6 is 11.6 Å². The Kier molecular flexibility index (Phi) is 4.45. The minimum absolute atomic E-state index is 0.101. The first-order valence-electron chi connectivity index (χ1n) is 7.35. The van der Waals surface area contributed by atoms with Gasteiger partial charge in [0.05, 0.1) is 0 Å². The smallest absolute Gasteiger partial charge is 0.276 e. The minimum Gasteiger partial charge on any atom is -0.355 e. The Morgan fingerprint density at radius 2 is 2.00 bits per heavy atom. The highest BCUT2D eigenvalue weighted by molar-refractivity contribution is 6.30. The number of carbonyl (C=O) groups excluding carboxylic acids is 1. The highest BCUT2D eigenvalue weighted by Gasteiger charge is 2.25. The summed E-state index contributed by atoms with van der Waals surface area (Å²) in [6.45, 7) is 1.88. The Hall–Kier alpha value is -1.85. The second-order valence-corrected chi connectivity index (χ2v) is 5.92. The molecule has 1 aromatic carbocycles. The molecule has 2 heterocycles. The monoisotopic (exact) mass is 319 g/mol. The Bertz CT molecular complexity index is 648. The number of rotatable bonds is 3. The van der Waals surface area contributed by atoms with Crippen molar-refractivity contribution in [3.05, 3.63) is 41.0 Å². The van der Waals surface area contributed by atoms with E-state index in [1.807, 2.05) is 19.2 Å². The highest BCUT2D eigenvalue weighted by atomic mass is 35.5. The molecule has 0 saturated carbocycles. The van der Waals surface area contributed by atoms with Gasteiger partial charge in [-0.3, -0.25) is 4.79 Å². The van der Waals surface area contributed by atoms with Gasteiger partial charge in [0.25, 0.3) is 5.91 Å². The molecule has 0 bridgehead atoms. The Balaban J connectivity index is 1.75. The summed E-state index contributed by atoms with van der Waals surface area (Å²) in [5, 5.41) is 7.87. The second kappa shape index (κ2) is 6.50. The molecule has 6 heteroatoms. The van der Waals surface area contributed by atoms with Gasteiger partial charge in [0, 0.05) is 29.7 Å². The van der Waals surface area contributed by atoms with Crippen LogP contribution in [0.15, 0.2) is 34.9 Å². The van der Waals surface area contributed by atoms with E-state index in [1.165, 1.54) is 0 Å². The lowest BCUT2D eigenvalue weighted by Crippen LogP contribution is -2.44. The summed E-state index contributed by atoms with van der Waals surface area (Å²) in [5.41, 5.74) is 1.19. The zero-order chi connectivity index (χ0) is 15.5. The number of hydrogen-bond donors (Lipinski definition) is 1. The molecule has 1 aliphatic rings. The fourth-order valence-electron chi connectivity index (χ4n) is 2.67. The van der Waals surface area contributed by atoms with Gasteiger partial charge in [0.15, 0.2) is 11.5 Å². The molecule has 0 aliphatic carbocycles. The van der Waals surface area contributed by atoms with Gasteiger partial charge in [0.2, 0.25) is 0 Å². The number of nitrogens with zero attached hydrogens (tertiary/aromatic N) is 2. The average Bonchev–Trinajstić information content (AvgIpc) is 3.05. The summed E-state index contributed by atoms with van der Waals surface area (Å²) in [4.78, 5) is 14.3. The number of amides is 1. The van der Waals surface area contributed by atoms with E-state index >= 15 is 0 Å². The molecule has 1 amide bonds. The van der Waals surface area contributed by atoms with E-state index in [0.717, 1.165) is 31.5 Å². The molecule has 1 aliphatic heterocycles. The first-order valence-corrected chi connectivity index (χ1v) is 7.73. The predicted molar refractivity (Wildman–Crippen MR) is 84.9 cm³/mol. The van der Waals surface area contributed by atoms with Crippen molar-refractivity contribution >= 4 is 17.5 Å². The fraction of sp³-hybridized carbons (Fsp3) is 0.375. The molecule has 2 aromatic rings. The van der Waals surface area contributed by atoms with Crippen molar-refractivity contribution in [1.29, 1.82) is 0 Å². The molecule has 1 fully saturated rings. The molecule has 0 atom stereocenters. The zero-order valence-corrected chi connectivity index (χ0v) is 13.1. The van der Waals surface area contributed by atoms with Crippen molar-refractivity contribution in [2.24, 2.45) is 0 Å². The molecule has 116 valence electrons. The maximum atomic E-state index is 12.5. The van der Waals surface area contributed by atoms with Crippen molar-refractivity contribution < 1.29 is 9.32 Å². The van der Waals surface area contributed by atoms with Gasteiger partial charge in [-0.15, -0.1) is 0 Å². The average molecular weight is 320 g/mol. The third-order valence-corrected chi connectivity index (χ3v) is 4.29. The van der Waals surface area contributed by atoms with Crippen LogP contribution in [0.1, 0.15) is 23.3 Å². The normalized spacial score (nSPS) is 15.7. The van der Waals surface area contributed by atoms with Crippen molar-refractivity contribution in [2.75, 3.05) is 20.1 Å². The molecule has 1 aromatic heterocycles. The van der Waals surface area contributed by atoms with Gasteiger partial charge in [0.1, 0.15) is 0 Å². The van der Waals surface area contributed by atoms with Gasteiger partial charge in [-0.05, 0) is 50.2 Å². The van der Waals surface area contributed by atoms with E-state index in [2.05, 4.69) is 10.5 Å². The fourth-order valence-corrected chi connectivity index (χ4v) is 2.79. The van der Waals surface area contributed by atoms with Gasteiger partial charge in [-0.2, -0.15) is 0 Å². The lowest BCUT2D eigenvalue weighted by atomic mass is 10.0. The number of piperidine rings is 1. The van der Waals surface area contributed by atoms with E-state index in [0.29, 0.717) is 16.5 Å². The van der Waals surface area contributed by atoms with Crippen LogP contribution in [0.3, 0.4) is 0 Å². The van der Waals surface area contributed by atoms with Crippen LogP contribution in [0.25, 0.3) is 11.3 Å². The number of benzene rings is 1. The van der Waals surface area contributed by atoms with Gasteiger partial charge in [-0.25, -0.2) is 0 Å². The van der Waals surface area contributed by atoms with E-state index in [-0.39, 0.29) is 11.9 Å². The van der Waals surface area contributed by atoms with Crippen molar-refractivity contribution in [1.82, 2.24) is 15.4 Å². The third kappa shape index (κ3) is 3.15. The lowest BCUT2D eigenvalue weighted by Gasteiger charge is -2.31. The van der Waals surface area contributed by atoms with Crippen LogP contribution in [0.2, 0.25) is 5.02 Å².